The first-order chi connectivity index (χ1) is 9.25. The molecule has 0 unspecified atom stereocenters. The lowest BCUT2D eigenvalue weighted by molar-refractivity contribution is 0.469. The fourth-order valence-electron chi connectivity index (χ4n) is 1.85. The van der Waals surface area contributed by atoms with Crippen LogP contribution in [0.3, 0.4) is 0 Å². The van der Waals surface area contributed by atoms with Gasteiger partial charge in [0, 0.05) is 17.0 Å². The maximum absolute atomic E-state index is 14.0. The highest BCUT2D eigenvalue weighted by molar-refractivity contribution is 9.10. The third-order valence-corrected chi connectivity index (χ3v) is 3.37. The first-order valence-corrected chi connectivity index (χ1v) is 6.50. The van der Waals surface area contributed by atoms with E-state index in [1.54, 1.807) is 18.2 Å². The largest absolute Gasteiger partial charge is 0.438 e. The maximum atomic E-state index is 14.0. The molecule has 0 radical (unpaired) electrons. The Bertz CT molecular complexity index is 731. The minimum absolute atomic E-state index is 0.308. The Labute approximate surface area is 118 Å². The molecule has 0 amide bonds. The molecule has 0 N–H and O–H groups in total. The molecule has 0 atom stereocenters. The van der Waals surface area contributed by atoms with Gasteiger partial charge in [-0.25, -0.2) is 9.37 Å². The summed E-state index contributed by atoms with van der Waals surface area (Å²) >= 11 is 3.17. The van der Waals surface area contributed by atoms with Crippen LogP contribution in [-0.4, -0.2) is 4.98 Å². The van der Waals surface area contributed by atoms with Crippen LogP contribution in [0.5, 0.6) is 11.6 Å². The molecule has 2 aromatic carbocycles. The van der Waals surface area contributed by atoms with E-state index in [1.165, 1.54) is 6.20 Å². The second-order valence-corrected chi connectivity index (χ2v) is 4.84. The van der Waals surface area contributed by atoms with Crippen LogP contribution in [-0.2, 0) is 0 Å². The van der Waals surface area contributed by atoms with Gasteiger partial charge in [0.15, 0.2) is 0 Å². The van der Waals surface area contributed by atoms with Crippen molar-refractivity contribution in [2.24, 2.45) is 0 Å². The zero-order chi connectivity index (χ0) is 13.2. The van der Waals surface area contributed by atoms with E-state index in [2.05, 4.69) is 20.9 Å². The van der Waals surface area contributed by atoms with Crippen LogP contribution in [0.15, 0.2) is 59.2 Å². The van der Waals surface area contributed by atoms with E-state index in [1.807, 2.05) is 30.3 Å². The quantitative estimate of drug-likeness (QED) is 0.668. The first kappa shape index (κ1) is 12.1. The predicted octanol–water partition coefficient (Wildman–Crippen LogP) is 4.93. The minimum Gasteiger partial charge on any atom is -0.438 e. The SMILES string of the molecule is Fc1c(Br)ccc2c(Oc3ccccc3)nccc12. The molecule has 0 bridgehead atoms. The van der Waals surface area contributed by atoms with Crippen molar-refractivity contribution in [3.05, 3.63) is 65.0 Å². The van der Waals surface area contributed by atoms with Gasteiger partial charge in [0.1, 0.15) is 11.6 Å². The number of nitrogens with zero attached hydrogens (tertiary/aromatic N) is 1. The fourth-order valence-corrected chi connectivity index (χ4v) is 2.19. The summed E-state index contributed by atoms with van der Waals surface area (Å²) in [6, 6.07) is 14.4. The van der Waals surface area contributed by atoms with Gasteiger partial charge in [0.25, 0.3) is 0 Å². The van der Waals surface area contributed by atoms with Gasteiger partial charge in [-0.2, -0.15) is 0 Å². The highest BCUT2D eigenvalue weighted by Crippen LogP contribution is 2.31. The van der Waals surface area contributed by atoms with Crippen molar-refractivity contribution in [3.8, 4) is 11.6 Å². The van der Waals surface area contributed by atoms with Crippen molar-refractivity contribution >= 4 is 26.7 Å². The summed E-state index contributed by atoms with van der Waals surface area (Å²) in [7, 11) is 0. The molecule has 19 heavy (non-hydrogen) atoms. The second kappa shape index (κ2) is 4.97. The van der Waals surface area contributed by atoms with E-state index in [-0.39, 0.29) is 5.82 Å². The summed E-state index contributed by atoms with van der Waals surface area (Å²) in [4.78, 5) is 4.17. The van der Waals surface area contributed by atoms with Crippen molar-refractivity contribution in [3.63, 3.8) is 0 Å². The monoisotopic (exact) mass is 317 g/mol. The van der Waals surface area contributed by atoms with E-state index in [0.717, 1.165) is 0 Å². The lowest BCUT2D eigenvalue weighted by atomic mass is 10.1. The Morgan fingerprint density at radius 2 is 1.74 bits per heavy atom. The molecule has 0 saturated carbocycles. The number of fused-ring (bicyclic) bond motifs is 1. The van der Waals surface area contributed by atoms with Crippen LogP contribution < -0.4 is 4.74 Å². The molecular weight excluding hydrogens is 309 g/mol. The normalized spacial score (nSPS) is 10.6. The van der Waals surface area contributed by atoms with Crippen molar-refractivity contribution in [2.75, 3.05) is 0 Å². The summed E-state index contributed by atoms with van der Waals surface area (Å²) in [6.45, 7) is 0. The van der Waals surface area contributed by atoms with Gasteiger partial charge in [-0.15, -0.1) is 0 Å². The Morgan fingerprint density at radius 1 is 0.947 bits per heavy atom. The molecule has 0 aliphatic carbocycles. The number of hydrogen-bond donors (Lipinski definition) is 0. The summed E-state index contributed by atoms with van der Waals surface area (Å²) in [5.74, 6) is 0.763. The number of ether oxygens (including phenoxy) is 1. The van der Waals surface area contributed by atoms with Gasteiger partial charge < -0.3 is 4.74 Å². The Hall–Kier alpha value is -1.94. The third-order valence-electron chi connectivity index (χ3n) is 2.75. The van der Waals surface area contributed by atoms with Crippen LogP contribution in [0.1, 0.15) is 0 Å². The number of rotatable bonds is 2. The zero-order valence-corrected chi connectivity index (χ0v) is 11.4. The first-order valence-electron chi connectivity index (χ1n) is 5.71. The molecule has 1 aromatic heterocycles. The van der Waals surface area contributed by atoms with Crippen LogP contribution in [0.25, 0.3) is 10.8 Å². The van der Waals surface area contributed by atoms with E-state index in [9.17, 15) is 4.39 Å². The summed E-state index contributed by atoms with van der Waals surface area (Å²) in [5, 5.41) is 1.13. The zero-order valence-electron chi connectivity index (χ0n) is 9.81. The topological polar surface area (TPSA) is 22.1 Å². The maximum Gasteiger partial charge on any atom is 0.227 e. The second-order valence-electron chi connectivity index (χ2n) is 3.99. The smallest absolute Gasteiger partial charge is 0.227 e. The van der Waals surface area contributed by atoms with Gasteiger partial charge in [0.05, 0.1) is 4.47 Å². The van der Waals surface area contributed by atoms with Gasteiger partial charge >= 0.3 is 0 Å². The van der Waals surface area contributed by atoms with Crippen molar-refractivity contribution < 1.29 is 9.13 Å². The molecule has 0 fully saturated rings. The standard InChI is InChI=1S/C15H9BrFNO/c16-13-7-6-12-11(14(13)17)8-9-18-15(12)19-10-4-2-1-3-5-10/h1-9H. The summed E-state index contributed by atoms with van der Waals surface area (Å²) in [6.07, 6.45) is 1.54. The van der Waals surface area contributed by atoms with E-state index >= 15 is 0 Å². The summed E-state index contributed by atoms with van der Waals surface area (Å²) < 4.78 is 20.1. The molecule has 94 valence electrons. The Balaban J connectivity index is 2.12. The van der Waals surface area contributed by atoms with E-state index in [0.29, 0.717) is 26.9 Å². The number of para-hydroxylation sites is 1. The van der Waals surface area contributed by atoms with Crippen molar-refractivity contribution in [1.29, 1.82) is 0 Å². The van der Waals surface area contributed by atoms with Crippen LogP contribution in [0.2, 0.25) is 0 Å². The number of benzene rings is 2. The molecule has 3 rings (SSSR count). The number of hydrogen-bond acceptors (Lipinski definition) is 2. The minimum atomic E-state index is -0.308. The lowest BCUT2D eigenvalue weighted by Crippen LogP contribution is -1.91. The number of halogens is 2. The van der Waals surface area contributed by atoms with Gasteiger partial charge in [0.2, 0.25) is 5.88 Å². The average molecular weight is 318 g/mol. The van der Waals surface area contributed by atoms with Crippen LogP contribution in [0, 0.1) is 5.82 Å². The average Bonchev–Trinajstić information content (AvgIpc) is 2.45. The summed E-state index contributed by atoms with van der Waals surface area (Å²) in [5.41, 5.74) is 0. The van der Waals surface area contributed by atoms with Gasteiger partial charge in [-0.3, -0.25) is 0 Å². The van der Waals surface area contributed by atoms with Crippen molar-refractivity contribution in [2.45, 2.75) is 0 Å². The Kier molecular flexibility index (Phi) is 3.17. The molecule has 1 heterocycles. The van der Waals surface area contributed by atoms with Crippen LogP contribution >= 0.6 is 15.9 Å². The molecule has 0 aliphatic rings. The highest BCUT2D eigenvalue weighted by Gasteiger charge is 2.10. The molecule has 4 heteroatoms. The van der Waals surface area contributed by atoms with Gasteiger partial charge in [-0.1, -0.05) is 18.2 Å². The lowest BCUT2D eigenvalue weighted by Gasteiger charge is -2.08. The fraction of sp³-hybridized carbons (Fsp3) is 0. The molecule has 3 aromatic rings. The molecule has 0 spiro atoms. The van der Waals surface area contributed by atoms with E-state index < -0.39 is 0 Å². The molecular formula is C15H9BrFNO. The Morgan fingerprint density at radius 3 is 2.53 bits per heavy atom. The molecule has 2 nitrogen and oxygen atoms in total. The predicted molar refractivity (Wildman–Crippen MR) is 75.9 cm³/mol. The highest BCUT2D eigenvalue weighted by atomic mass is 79.9. The molecule has 0 aliphatic heterocycles. The van der Waals surface area contributed by atoms with Crippen LogP contribution in [0.4, 0.5) is 4.39 Å². The number of pyridine rings is 1. The number of aromatic nitrogens is 1. The van der Waals surface area contributed by atoms with Gasteiger partial charge in [-0.05, 0) is 46.3 Å². The van der Waals surface area contributed by atoms with Crippen molar-refractivity contribution in [1.82, 2.24) is 4.98 Å². The van der Waals surface area contributed by atoms with E-state index in [4.69, 9.17) is 4.74 Å². The molecule has 0 saturated heterocycles. The third kappa shape index (κ3) is 2.31.